The minimum Gasteiger partial charge on any atom is -0.508 e. The van der Waals surface area contributed by atoms with Gasteiger partial charge in [0.15, 0.2) is 5.60 Å². The van der Waals surface area contributed by atoms with Gasteiger partial charge in [0.2, 0.25) is 0 Å². The van der Waals surface area contributed by atoms with Gasteiger partial charge in [-0.1, -0.05) is 0 Å². The van der Waals surface area contributed by atoms with E-state index in [-0.39, 0.29) is 6.61 Å². The number of hydrogen-bond acceptors (Lipinski definition) is 5. The van der Waals surface area contributed by atoms with E-state index >= 15 is 0 Å². The molecular formula is C12H13F3O5. The highest BCUT2D eigenvalue weighted by Gasteiger charge is 2.57. The monoisotopic (exact) mass is 294 g/mol. The summed E-state index contributed by atoms with van der Waals surface area (Å²) in [6.45, 7) is 1.26. The van der Waals surface area contributed by atoms with Crippen LogP contribution >= 0.6 is 0 Å². The Morgan fingerprint density at radius 3 is 2.35 bits per heavy atom. The topological polar surface area (TPSA) is 87.0 Å². The van der Waals surface area contributed by atoms with Crippen molar-refractivity contribution < 1.29 is 38.0 Å². The Kier molecular flexibility index (Phi) is 4.49. The molecule has 0 heterocycles. The molecule has 0 aliphatic rings. The van der Waals surface area contributed by atoms with Crippen LogP contribution in [-0.2, 0) is 15.1 Å². The molecule has 1 rings (SSSR count). The normalized spacial score (nSPS) is 14.7. The van der Waals surface area contributed by atoms with Crippen LogP contribution in [0.2, 0.25) is 0 Å². The van der Waals surface area contributed by atoms with Crippen molar-refractivity contribution in [2.45, 2.75) is 25.1 Å². The van der Waals surface area contributed by atoms with Crippen molar-refractivity contribution in [3.8, 4) is 11.5 Å². The molecule has 1 atom stereocenters. The third kappa shape index (κ3) is 3.13. The molecule has 5 nitrogen and oxygen atoms in total. The molecular weight excluding hydrogens is 281 g/mol. The van der Waals surface area contributed by atoms with Crippen LogP contribution in [0.15, 0.2) is 18.2 Å². The average Bonchev–Trinajstić information content (AvgIpc) is 2.26. The second kappa shape index (κ2) is 5.58. The van der Waals surface area contributed by atoms with E-state index in [0.717, 1.165) is 6.07 Å². The lowest BCUT2D eigenvalue weighted by Gasteiger charge is -2.30. The molecule has 0 saturated heterocycles. The first-order valence-electron chi connectivity index (χ1n) is 5.59. The quantitative estimate of drug-likeness (QED) is 0.737. The summed E-state index contributed by atoms with van der Waals surface area (Å²) in [7, 11) is 0. The third-order valence-corrected chi connectivity index (χ3v) is 2.60. The number of phenols is 2. The van der Waals surface area contributed by atoms with Crippen LogP contribution in [0.5, 0.6) is 11.5 Å². The zero-order valence-electron chi connectivity index (χ0n) is 10.4. The largest absolute Gasteiger partial charge is 0.508 e. The maximum atomic E-state index is 13.0. The molecule has 1 unspecified atom stereocenters. The van der Waals surface area contributed by atoms with Crippen molar-refractivity contribution in [2.24, 2.45) is 0 Å². The maximum absolute atomic E-state index is 13.0. The summed E-state index contributed by atoms with van der Waals surface area (Å²) in [6.07, 6.45) is -6.61. The summed E-state index contributed by atoms with van der Waals surface area (Å²) in [6, 6.07) is 2.19. The average molecular weight is 294 g/mol. The number of ether oxygens (including phenoxy) is 1. The number of hydrogen-bond donors (Lipinski definition) is 3. The minimum absolute atomic E-state index is 0.145. The number of phenolic OH excluding ortho intramolecular Hbond substituents is 2. The Labute approximate surface area is 112 Å². The molecule has 0 aliphatic heterocycles. The first kappa shape index (κ1) is 16.1. The van der Waals surface area contributed by atoms with Crippen molar-refractivity contribution in [1.29, 1.82) is 0 Å². The van der Waals surface area contributed by atoms with Gasteiger partial charge in [-0.3, -0.25) is 4.79 Å². The van der Waals surface area contributed by atoms with Gasteiger partial charge >= 0.3 is 12.1 Å². The number of alkyl halides is 3. The Bertz CT molecular complexity index is 500. The van der Waals surface area contributed by atoms with Crippen molar-refractivity contribution in [3.05, 3.63) is 23.8 Å². The summed E-state index contributed by atoms with van der Waals surface area (Å²) in [4.78, 5) is 11.2. The maximum Gasteiger partial charge on any atom is 0.422 e. The molecule has 112 valence electrons. The van der Waals surface area contributed by atoms with E-state index < -0.39 is 41.2 Å². The number of esters is 1. The molecule has 20 heavy (non-hydrogen) atoms. The molecule has 0 spiro atoms. The molecule has 0 bridgehead atoms. The van der Waals surface area contributed by atoms with E-state index in [2.05, 4.69) is 4.74 Å². The number of rotatable bonds is 4. The molecule has 0 aliphatic carbocycles. The zero-order valence-corrected chi connectivity index (χ0v) is 10.4. The van der Waals surface area contributed by atoms with Gasteiger partial charge in [0, 0.05) is 11.6 Å². The third-order valence-electron chi connectivity index (χ3n) is 2.60. The highest BCUT2D eigenvalue weighted by molar-refractivity contribution is 5.71. The van der Waals surface area contributed by atoms with Crippen LogP contribution in [0, 0.1) is 0 Å². The number of carbonyl (C=O) groups is 1. The van der Waals surface area contributed by atoms with Crippen LogP contribution in [0.4, 0.5) is 13.2 Å². The van der Waals surface area contributed by atoms with Crippen LogP contribution in [-0.4, -0.2) is 34.1 Å². The lowest BCUT2D eigenvalue weighted by Crippen LogP contribution is -2.44. The Morgan fingerprint density at radius 2 is 1.90 bits per heavy atom. The lowest BCUT2D eigenvalue weighted by molar-refractivity contribution is -0.270. The number of carbonyl (C=O) groups excluding carboxylic acids is 1. The number of benzene rings is 1. The molecule has 8 heteroatoms. The number of aromatic hydroxyl groups is 2. The Hall–Kier alpha value is -1.96. The van der Waals surface area contributed by atoms with Gasteiger partial charge in [-0.05, 0) is 19.1 Å². The van der Waals surface area contributed by atoms with Gasteiger partial charge in [-0.25, -0.2) is 0 Å². The van der Waals surface area contributed by atoms with E-state index in [1.165, 1.54) is 6.92 Å². The van der Waals surface area contributed by atoms with Crippen LogP contribution in [0.3, 0.4) is 0 Å². The molecule has 0 amide bonds. The summed E-state index contributed by atoms with van der Waals surface area (Å²) >= 11 is 0. The standard InChI is InChI=1S/C12H13F3O5/c1-2-20-10(18)6-11(19,12(13,14)15)8-4-3-7(16)5-9(8)17/h3-5,16-17,19H,2,6H2,1H3. The van der Waals surface area contributed by atoms with Crippen molar-refractivity contribution in [3.63, 3.8) is 0 Å². The molecule has 3 N–H and O–H groups in total. The lowest BCUT2D eigenvalue weighted by atomic mass is 9.89. The van der Waals surface area contributed by atoms with Gasteiger partial charge in [-0.2, -0.15) is 13.2 Å². The fourth-order valence-corrected chi connectivity index (χ4v) is 1.64. The zero-order chi connectivity index (χ0) is 15.6. The first-order valence-corrected chi connectivity index (χ1v) is 5.59. The van der Waals surface area contributed by atoms with E-state index in [1.807, 2.05) is 0 Å². The van der Waals surface area contributed by atoms with E-state index in [9.17, 15) is 28.2 Å². The highest BCUT2D eigenvalue weighted by Crippen LogP contribution is 2.45. The Morgan fingerprint density at radius 1 is 1.30 bits per heavy atom. The highest BCUT2D eigenvalue weighted by atomic mass is 19.4. The summed E-state index contributed by atoms with van der Waals surface area (Å²) in [5.74, 6) is -2.72. The van der Waals surface area contributed by atoms with Gasteiger partial charge in [-0.15, -0.1) is 0 Å². The summed E-state index contributed by atoms with van der Waals surface area (Å²) in [5, 5.41) is 28.3. The van der Waals surface area contributed by atoms with Crippen LogP contribution in [0.1, 0.15) is 18.9 Å². The van der Waals surface area contributed by atoms with E-state index in [0.29, 0.717) is 12.1 Å². The molecule has 1 aromatic rings. The molecule has 1 aromatic carbocycles. The predicted octanol–water partition coefficient (Wildman–Crippen LogP) is 1.80. The van der Waals surface area contributed by atoms with Crippen molar-refractivity contribution in [1.82, 2.24) is 0 Å². The fraction of sp³-hybridized carbons (Fsp3) is 0.417. The summed E-state index contributed by atoms with van der Waals surface area (Å²) in [5.41, 5.74) is -4.53. The SMILES string of the molecule is CCOC(=O)CC(O)(c1ccc(O)cc1O)C(F)(F)F. The molecule has 0 saturated carbocycles. The number of halogens is 3. The van der Waals surface area contributed by atoms with Gasteiger partial charge in [0.1, 0.15) is 11.5 Å². The van der Waals surface area contributed by atoms with Gasteiger partial charge < -0.3 is 20.1 Å². The van der Waals surface area contributed by atoms with Gasteiger partial charge in [0.25, 0.3) is 0 Å². The minimum atomic E-state index is -5.21. The van der Waals surface area contributed by atoms with E-state index in [4.69, 9.17) is 5.11 Å². The fourth-order valence-electron chi connectivity index (χ4n) is 1.64. The van der Waals surface area contributed by atoms with Crippen LogP contribution < -0.4 is 0 Å². The van der Waals surface area contributed by atoms with Crippen molar-refractivity contribution in [2.75, 3.05) is 6.61 Å². The second-order valence-corrected chi connectivity index (χ2v) is 4.04. The first-order chi connectivity index (χ1) is 9.11. The summed E-state index contributed by atoms with van der Waals surface area (Å²) < 4.78 is 43.5. The smallest absolute Gasteiger partial charge is 0.422 e. The molecule has 0 radical (unpaired) electrons. The van der Waals surface area contributed by atoms with Crippen molar-refractivity contribution >= 4 is 5.97 Å². The molecule has 0 fully saturated rings. The Balaban J connectivity index is 3.28. The predicted molar refractivity (Wildman–Crippen MR) is 61.0 cm³/mol. The van der Waals surface area contributed by atoms with Gasteiger partial charge in [0.05, 0.1) is 13.0 Å². The number of aliphatic hydroxyl groups is 1. The second-order valence-electron chi connectivity index (χ2n) is 4.04. The van der Waals surface area contributed by atoms with Crippen LogP contribution in [0.25, 0.3) is 0 Å². The molecule has 0 aromatic heterocycles. The van der Waals surface area contributed by atoms with E-state index in [1.54, 1.807) is 0 Å².